The predicted molar refractivity (Wildman–Crippen MR) is 89.0 cm³/mol. The Morgan fingerprint density at radius 2 is 2.04 bits per heavy atom. The van der Waals surface area contributed by atoms with Gasteiger partial charge in [0.05, 0.1) is 12.0 Å². The first-order valence-electron chi connectivity index (χ1n) is 8.28. The van der Waals surface area contributed by atoms with Crippen LogP contribution in [0.1, 0.15) is 19.8 Å². The Kier molecular flexibility index (Phi) is 4.89. The van der Waals surface area contributed by atoms with E-state index < -0.39 is 0 Å². The lowest BCUT2D eigenvalue weighted by Gasteiger charge is -2.34. The molecule has 2 aliphatic heterocycles. The van der Waals surface area contributed by atoms with Crippen LogP contribution >= 0.6 is 0 Å². The second-order valence-electron chi connectivity index (χ2n) is 6.26. The first-order chi connectivity index (χ1) is 11.5. The fourth-order valence-electron chi connectivity index (χ4n) is 3.12. The molecule has 2 heterocycles. The van der Waals surface area contributed by atoms with E-state index in [1.54, 1.807) is 18.2 Å². The van der Waals surface area contributed by atoms with Gasteiger partial charge in [-0.3, -0.25) is 14.5 Å². The summed E-state index contributed by atoms with van der Waals surface area (Å²) in [5, 5.41) is 2.90. The summed E-state index contributed by atoms with van der Waals surface area (Å²) in [6.45, 7) is 4.20. The van der Waals surface area contributed by atoms with Gasteiger partial charge in [-0.1, -0.05) is 0 Å². The maximum atomic E-state index is 12.5. The van der Waals surface area contributed by atoms with Crippen LogP contribution in [0.15, 0.2) is 18.2 Å². The highest BCUT2D eigenvalue weighted by Gasteiger charge is 2.29. The van der Waals surface area contributed by atoms with Crippen molar-refractivity contribution in [2.24, 2.45) is 11.7 Å². The Hall–Kier alpha value is -2.28. The van der Waals surface area contributed by atoms with E-state index in [-0.39, 0.29) is 23.8 Å². The zero-order valence-corrected chi connectivity index (χ0v) is 13.8. The number of likely N-dealkylation sites (tertiary alicyclic amines) is 1. The molecular weight excluding hydrogens is 310 g/mol. The van der Waals surface area contributed by atoms with Crippen LogP contribution < -0.4 is 20.5 Å². The van der Waals surface area contributed by atoms with Crippen LogP contribution in [-0.4, -0.2) is 49.1 Å². The maximum Gasteiger partial charge on any atom is 0.241 e. The second kappa shape index (κ2) is 7.09. The van der Waals surface area contributed by atoms with E-state index in [1.165, 1.54) is 0 Å². The number of rotatable bonds is 4. The van der Waals surface area contributed by atoms with Gasteiger partial charge < -0.3 is 20.5 Å². The monoisotopic (exact) mass is 333 g/mol. The number of hydrogen-bond acceptors (Lipinski definition) is 5. The lowest BCUT2D eigenvalue weighted by molar-refractivity contribution is -0.127. The minimum atomic E-state index is -0.333. The molecule has 1 fully saturated rings. The summed E-state index contributed by atoms with van der Waals surface area (Å²) in [6, 6.07) is 5.02. The van der Waals surface area contributed by atoms with Gasteiger partial charge >= 0.3 is 0 Å². The van der Waals surface area contributed by atoms with Crippen molar-refractivity contribution < 1.29 is 19.1 Å². The number of ether oxygens (including phenoxy) is 2. The van der Waals surface area contributed by atoms with E-state index in [0.717, 1.165) is 19.4 Å². The molecule has 2 aliphatic rings. The van der Waals surface area contributed by atoms with Crippen molar-refractivity contribution in [1.29, 1.82) is 0 Å². The molecule has 130 valence electrons. The summed E-state index contributed by atoms with van der Waals surface area (Å²) in [4.78, 5) is 25.9. The summed E-state index contributed by atoms with van der Waals surface area (Å²) in [7, 11) is 0. The zero-order valence-electron chi connectivity index (χ0n) is 13.8. The Morgan fingerprint density at radius 3 is 2.79 bits per heavy atom. The largest absolute Gasteiger partial charge is 0.486 e. The highest BCUT2D eigenvalue weighted by molar-refractivity contribution is 5.95. The van der Waals surface area contributed by atoms with Gasteiger partial charge in [0.15, 0.2) is 11.5 Å². The van der Waals surface area contributed by atoms with Gasteiger partial charge in [0.1, 0.15) is 13.2 Å². The average molecular weight is 333 g/mol. The van der Waals surface area contributed by atoms with Crippen molar-refractivity contribution >= 4 is 17.5 Å². The number of nitrogens with zero attached hydrogens (tertiary/aromatic N) is 1. The number of carbonyl (C=O) groups is 2. The molecule has 1 aromatic rings. The first kappa shape index (κ1) is 16.6. The number of carbonyl (C=O) groups excluding carboxylic acids is 2. The Labute approximate surface area is 141 Å². The first-order valence-corrected chi connectivity index (χ1v) is 8.28. The lowest BCUT2D eigenvalue weighted by Crippen LogP contribution is -2.49. The van der Waals surface area contributed by atoms with Gasteiger partial charge in [0.25, 0.3) is 0 Å². The summed E-state index contributed by atoms with van der Waals surface area (Å²) >= 11 is 0. The fraction of sp³-hybridized carbons (Fsp3) is 0.529. The standard InChI is InChI=1S/C17H23N3O4/c1-11(20-6-2-3-12(10-20)16(18)21)17(22)19-13-4-5-14-15(9-13)24-8-7-23-14/h4-5,9,11-12H,2-3,6-8,10H2,1H3,(H2,18,21)(H,19,22)/t11-,12+/m1/s1. The van der Waals surface area contributed by atoms with E-state index >= 15 is 0 Å². The summed E-state index contributed by atoms with van der Waals surface area (Å²) < 4.78 is 11.0. The summed E-state index contributed by atoms with van der Waals surface area (Å²) in [5.74, 6) is 0.741. The van der Waals surface area contributed by atoms with Gasteiger partial charge in [0, 0.05) is 18.3 Å². The number of nitrogens with two attached hydrogens (primary N) is 1. The van der Waals surface area contributed by atoms with Crippen molar-refractivity contribution in [3.05, 3.63) is 18.2 Å². The van der Waals surface area contributed by atoms with Crippen LogP contribution in [0.2, 0.25) is 0 Å². The molecule has 0 spiro atoms. The molecule has 7 nitrogen and oxygen atoms in total. The van der Waals surface area contributed by atoms with Crippen LogP contribution in [0.3, 0.4) is 0 Å². The van der Waals surface area contributed by atoms with Crippen LogP contribution in [0.4, 0.5) is 5.69 Å². The zero-order chi connectivity index (χ0) is 17.1. The molecule has 24 heavy (non-hydrogen) atoms. The molecule has 0 unspecified atom stereocenters. The third-order valence-electron chi connectivity index (χ3n) is 4.59. The SMILES string of the molecule is C[C@H](C(=O)Nc1ccc2c(c1)OCCO2)N1CCC[C@H](C(N)=O)C1. The maximum absolute atomic E-state index is 12.5. The minimum absolute atomic E-state index is 0.114. The van der Waals surface area contributed by atoms with Crippen molar-refractivity contribution in [1.82, 2.24) is 4.90 Å². The highest BCUT2D eigenvalue weighted by atomic mass is 16.6. The lowest BCUT2D eigenvalue weighted by atomic mass is 9.96. The van der Waals surface area contributed by atoms with Crippen molar-refractivity contribution in [2.75, 3.05) is 31.6 Å². The molecule has 1 aromatic carbocycles. The smallest absolute Gasteiger partial charge is 0.241 e. The molecule has 2 amide bonds. The van der Waals surface area contributed by atoms with Crippen LogP contribution in [0, 0.1) is 5.92 Å². The van der Waals surface area contributed by atoms with Gasteiger partial charge in [-0.15, -0.1) is 0 Å². The molecule has 0 aromatic heterocycles. The number of amides is 2. The number of nitrogens with one attached hydrogen (secondary N) is 1. The molecule has 0 radical (unpaired) electrons. The number of anilines is 1. The molecule has 3 N–H and O–H groups in total. The van der Waals surface area contributed by atoms with Crippen molar-refractivity contribution in [3.63, 3.8) is 0 Å². The molecule has 3 rings (SSSR count). The van der Waals surface area contributed by atoms with Crippen LogP contribution in [-0.2, 0) is 9.59 Å². The van der Waals surface area contributed by atoms with E-state index in [2.05, 4.69) is 5.32 Å². The van der Waals surface area contributed by atoms with Crippen LogP contribution in [0.5, 0.6) is 11.5 Å². The molecular formula is C17H23N3O4. The van der Waals surface area contributed by atoms with Crippen molar-refractivity contribution in [3.8, 4) is 11.5 Å². The third-order valence-corrected chi connectivity index (χ3v) is 4.59. The van der Waals surface area contributed by atoms with Gasteiger partial charge in [-0.25, -0.2) is 0 Å². The Bertz CT molecular complexity index is 634. The number of benzene rings is 1. The van der Waals surface area contributed by atoms with Crippen LogP contribution in [0.25, 0.3) is 0 Å². The number of hydrogen-bond donors (Lipinski definition) is 2. The number of fused-ring (bicyclic) bond motifs is 1. The fourth-order valence-corrected chi connectivity index (χ4v) is 3.12. The van der Waals surface area contributed by atoms with E-state index in [1.807, 2.05) is 11.8 Å². The number of piperidine rings is 1. The normalized spacial score (nSPS) is 21.8. The van der Waals surface area contributed by atoms with Gasteiger partial charge in [-0.2, -0.15) is 0 Å². The molecule has 2 atom stereocenters. The van der Waals surface area contributed by atoms with Gasteiger partial charge in [0.2, 0.25) is 11.8 Å². The highest BCUT2D eigenvalue weighted by Crippen LogP contribution is 2.32. The van der Waals surface area contributed by atoms with E-state index in [4.69, 9.17) is 15.2 Å². The third kappa shape index (κ3) is 3.62. The van der Waals surface area contributed by atoms with Gasteiger partial charge in [-0.05, 0) is 38.4 Å². The second-order valence-corrected chi connectivity index (χ2v) is 6.26. The number of primary amides is 1. The summed E-state index contributed by atoms with van der Waals surface area (Å²) in [5.41, 5.74) is 6.07. The van der Waals surface area contributed by atoms with Crippen molar-refractivity contribution in [2.45, 2.75) is 25.8 Å². The summed E-state index contributed by atoms with van der Waals surface area (Å²) in [6.07, 6.45) is 1.66. The topological polar surface area (TPSA) is 93.9 Å². The average Bonchev–Trinajstić information content (AvgIpc) is 2.61. The molecule has 0 saturated carbocycles. The molecule has 1 saturated heterocycles. The molecule has 7 heteroatoms. The quantitative estimate of drug-likeness (QED) is 0.857. The van der Waals surface area contributed by atoms with E-state index in [0.29, 0.717) is 36.9 Å². The molecule has 0 bridgehead atoms. The predicted octanol–water partition coefficient (Wildman–Crippen LogP) is 0.982. The minimum Gasteiger partial charge on any atom is -0.486 e. The Morgan fingerprint density at radius 1 is 1.29 bits per heavy atom. The molecule has 0 aliphatic carbocycles. The van der Waals surface area contributed by atoms with E-state index in [9.17, 15) is 9.59 Å². The Balaban J connectivity index is 1.62.